The minimum absolute atomic E-state index is 0.143. The van der Waals surface area contributed by atoms with Gasteiger partial charge in [0.1, 0.15) is 11.8 Å². The molecule has 3 nitrogen and oxygen atoms in total. The summed E-state index contributed by atoms with van der Waals surface area (Å²) >= 11 is 0. The molecule has 0 N–H and O–H groups in total. The summed E-state index contributed by atoms with van der Waals surface area (Å²) in [5.41, 5.74) is 0.0880. The molecular formula is C16H9F3N2O. The van der Waals surface area contributed by atoms with Crippen molar-refractivity contribution in [2.24, 2.45) is 0 Å². The van der Waals surface area contributed by atoms with Gasteiger partial charge >= 0.3 is 6.18 Å². The molecular weight excluding hydrogens is 293 g/mol. The van der Waals surface area contributed by atoms with Gasteiger partial charge < -0.3 is 4.74 Å². The predicted molar refractivity (Wildman–Crippen MR) is 75.5 cm³/mol. The number of aromatic nitrogens is 1. The summed E-state index contributed by atoms with van der Waals surface area (Å²) in [6, 6.07) is 10.2. The van der Waals surface area contributed by atoms with Gasteiger partial charge in [-0.2, -0.15) is 18.4 Å². The molecule has 22 heavy (non-hydrogen) atoms. The number of nitrogens with zero attached hydrogens (tertiary/aromatic N) is 2. The van der Waals surface area contributed by atoms with Gasteiger partial charge in [-0.1, -0.05) is 6.07 Å². The van der Waals surface area contributed by atoms with Crippen molar-refractivity contribution < 1.29 is 17.9 Å². The Balaban J connectivity index is 2.39. The van der Waals surface area contributed by atoms with Gasteiger partial charge in [0, 0.05) is 10.8 Å². The monoisotopic (exact) mass is 302 g/mol. The molecule has 0 bridgehead atoms. The fourth-order valence-corrected chi connectivity index (χ4v) is 2.35. The lowest BCUT2D eigenvalue weighted by molar-refractivity contribution is -0.137. The summed E-state index contributed by atoms with van der Waals surface area (Å²) in [7, 11) is 1.50. The van der Waals surface area contributed by atoms with Crippen LogP contribution in [0.15, 0.2) is 36.4 Å². The van der Waals surface area contributed by atoms with Crippen LogP contribution in [0.5, 0.6) is 5.75 Å². The van der Waals surface area contributed by atoms with Crippen molar-refractivity contribution in [3.05, 3.63) is 47.5 Å². The summed E-state index contributed by atoms with van der Waals surface area (Å²) in [5, 5.41) is 10.3. The summed E-state index contributed by atoms with van der Waals surface area (Å²) in [6.07, 6.45) is -4.45. The quantitative estimate of drug-likeness (QED) is 0.630. The number of ether oxygens (including phenoxy) is 1. The molecule has 0 atom stereocenters. The van der Waals surface area contributed by atoms with Crippen LogP contribution in [0.2, 0.25) is 0 Å². The van der Waals surface area contributed by atoms with Crippen LogP contribution in [0.1, 0.15) is 11.1 Å². The Bertz CT molecular complexity index is 926. The zero-order chi connectivity index (χ0) is 15.9. The summed E-state index contributed by atoms with van der Waals surface area (Å²) in [4.78, 5) is 4.23. The first-order valence-electron chi connectivity index (χ1n) is 6.33. The lowest BCUT2D eigenvalue weighted by Gasteiger charge is -2.10. The maximum absolute atomic E-state index is 12.8. The van der Waals surface area contributed by atoms with Crippen molar-refractivity contribution in [1.29, 1.82) is 5.26 Å². The Hall–Kier alpha value is -2.81. The standard InChI is InChI=1S/C16H9F3N2O/c1-22-10-3-5-14-12(7-10)13(8-20)11-4-2-9(16(17,18)19)6-15(11)21-14/h2-7H,1H3. The van der Waals surface area contributed by atoms with Crippen LogP contribution in [-0.2, 0) is 6.18 Å². The first kappa shape index (κ1) is 14.1. The van der Waals surface area contributed by atoms with E-state index in [1.165, 1.54) is 13.2 Å². The predicted octanol–water partition coefficient (Wildman–Crippen LogP) is 4.29. The maximum Gasteiger partial charge on any atom is 0.416 e. The minimum atomic E-state index is -4.45. The number of alkyl halides is 3. The van der Waals surface area contributed by atoms with Crippen molar-refractivity contribution in [1.82, 2.24) is 4.98 Å². The number of halogens is 3. The van der Waals surface area contributed by atoms with Crippen molar-refractivity contribution in [3.63, 3.8) is 0 Å². The van der Waals surface area contributed by atoms with E-state index in [4.69, 9.17) is 4.74 Å². The third kappa shape index (κ3) is 2.21. The second kappa shape index (κ2) is 4.88. The molecule has 0 aliphatic carbocycles. The molecule has 0 fully saturated rings. The Labute approximate surface area is 123 Å². The molecule has 0 aliphatic rings. The highest BCUT2D eigenvalue weighted by atomic mass is 19.4. The van der Waals surface area contributed by atoms with Crippen LogP contribution in [0.4, 0.5) is 13.2 Å². The number of benzene rings is 2. The molecule has 110 valence electrons. The molecule has 0 saturated carbocycles. The number of methoxy groups -OCH3 is 1. The van der Waals surface area contributed by atoms with Crippen molar-refractivity contribution in [2.75, 3.05) is 7.11 Å². The molecule has 0 spiro atoms. The molecule has 3 aromatic rings. The van der Waals surface area contributed by atoms with E-state index in [-0.39, 0.29) is 11.1 Å². The zero-order valence-corrected chi connectivity index (χ0v) is 11.4. The number of fused-ring (bicyclic) bond motifs is 2. The van der Waals surface area contributed by atoms with Gasteiger partial charge in [-0.15, -0.1) is 0 Å². The third-order valence-electron chi connectivity index (χ3n) is 3.42. The molecule has 0 aliphatic heterocycles. The number of hydrogen-bond donors (Lipinski definition) is 0. The molecule has 6 heteroatoms. The molecule has 0 radical (unpaired) electrons. The van der Waals surface area contributed by atoms with E-state index >= 15 is 0 Å². The number of rotatable bonds is 1. The van der Waals surface area contributed by atoms with Gasteiger partial charge in [-0.3, -0.25) is 0 Å². The topological polar surface area (TPSA) is 45.9 Å². The third-order valence-corrected chi connectivity index (χ3v) is 3.42. The molecule has 2 aromatic carbocycles. The average molecular weight is 302 g/mol. The lowest BCUT2D eigenvalue weighted by atomic mass is 10.0. The van der Waals surface area contributed by atoms with Crippen LogP contribution < -0.4 is 4.74 Å². The molecule has 0 unspecified atom stereocenters. The number of hydrogen-bond acceptors (Lipinski definition) is 3. The van der Waals surface area contributed by atoms with Crippen LogP contribution in [0.3, 0.4) is 0 Å². The summed E-state index contributed by atoms with van der Waals surface area (Å²) in [6.45, 7) is 0. The van der Waals surface area contributed by atoms with Crippen molar-refractivity contribution in [2.45, 2.75) is 6.18 Å². The van der Waals surface area contributed by atoms with E-state index in [0.29, 0.717) is 22.0 Å². The second-order valence-corrected chi connectivity index (χ2v) is 4.71. The molecule has 3 rings (SSSR count). The van der Waals surface area contributed by atoms with Crippen molar-refractivity contribution >= 4 is 21.8 Å². The SMILES string of the molecule is COc1ccc2nc3cc(C(F)(F)F)ccc3c(C#N)c2c1. The Morgan fingerprint density at radius 1 is 1.05 bits per heavy atom. The average Bonchev–Trinajstić information content (AvgIpc) is 2.50. The van der Waals surface area contributed by atoms with E-state index in [2.05, 4.69) is 4.98 Å². The Morgan fingerprint density at radius 3 is 2.45 bits per heavy atom. The molecule has 0 saturated heterocycles. The van der Waals surface area contributed by atoms with E-state index in [9.17, 15) is 18.4 Å². The van der Waals surface area contributed by atoms with Crippen LogP contribution >= 0.6 is 0 Å². The molecule has 0 amide bonds. The second-order valence-electron chi connectivity index (χ2n) is 4.71. The summed E-state index contributed by atoms with van der Waals surface area (Å²) in [5.74, 6) is 0.553. The normalized spacial score (nSPS) is 11.6. The maximum atomic E-state index is 12.8. The molecule has 1 aromatic heterocycles. The van der Waals surface area contributed by atoms with Crippen LogP contribution in [0.25, 0.3) is 21.8 Å². The first-order valence-corrected chi connectivity index (χ1v) is 6.33. The van der Waals surface area contributed by atoms with E-state index in [0.717, 1.165) is 12.1 Å². The van der Waals surface area contributed by atoms with Gasteiger partial charge in [0.15, 0.2) is 0 Å². The highest BCUT2D eigenvalue weighted by Crippen LogP contribution is 2.34. The zero-order valence-electron chi connectivity index (χ0n) is 11.4. The Morgan fingerprint density at radius 2 is 1.82 bits per heavy atom. The van der Waals surface area contributed by atoms with Gasteiger partial charge in [0.2, 0.25) is 0 Å². The number of nitriles is 1. The fourth-order valence-electron chi connectivity index (χ4n) is 2.35. The Kier molecular flexibility index (Phi) is 3.14. The smallest absolute Gasteiger partial charge is 0.416 e. The highest BCUT2D eigenvalue weighted by Gasteiger charge is 2.30. The number of pyridine rings is 1. The van der Waals surface area contributed by atoms with E-state index < -0.39 is 11.7 Å². The largest absolute Gasteiger partial charge is 0.497 e. The van der Waals surface area contributed by atoms with Gasteiger partial charge in [0.25, 0.3) is 0 Å². The first-order chi connectivity index (χ1) is 10.4. The van der Waals surface area contributed by atoms with Gasteiger partial charge in [-0.25, -0.2) is 4.98 Å². The van der Waals surface area contributed by atoms with E-state index in [1.807, 2.05) is 6.07 Å². The minimum Gasteiger partial charge on any atom is -0.497 e. The van der Waals surface area contributed by atoms with Crippen LogP contribution in [0, 0.1) is 11.3 Å². The van der Waals surface area contributed by atoms with Gasteiger partial charge in [-0.05, 0) is 30.3 Å². The van der Waals surface area contributed by atoms with Crippen LogP contribution in [-0.4, -0.2) is 12.1 Å². The molecule has 1 heterocycles. The summed E-state index contributed by atoms with van der Waals surface area (Å²) < 4.78 is 43.5. The highest BCUT2D eigenvalue weighted by molar-refractivity contribution is 6.00. The lowest BCUT2D eigenvalue weighted by Crippen LogP contribution is -2.04. The van der Waals surface area contributed by atoms with Crippen molar-refractivity contribution in [3.8, 4) is 11.8 Å². The van der Waals surface area contributed by atoms with Gasteiger partial charge in [0.05, 0.1) is 29.3 Å². The van der Waals surface area contributed by atoms with E-state index in [1.54, 1.807) is 18.2 Å². The fraction of sp³-hybridized carbons (Fsp3) is 0.125.